The number of nitrogens with zero attached hydrogens (tertiary/aromatic N) is 7. The number of aryl methyl sites for hydroxylation is 1. The van der Waals surface area contributed by atoms with Gasteiger partial charge in [0, 0.05) is 75.0 Å². The molecule has 2 aromatic rings. The fraction of sp³-hybridized carbons (Fsp3) is 0.542. The molecule has 3 aliphatic rings. The van der Waals surface area contributed by atoms with Crippen LogP contribution in [0.5, 0.6) is 0 Å². The number of morpholine rings is 1. The minimum Gasteiger partial charge on any atom is -0.378 e. The molecule has 1 aromatic heterocycles. The third-order valence-electron chi connectivity index (χ3n) is 7.06. The number of anilines is 2. The molecule has 4 heterocycles. The van der Waals surface area contributed by atoms with Crippen LogP contribution in [-0.2, 0) is 17.7 Å². The summed E-state index contributed by atoms with van der Waals surface area (Å²) in [6.45, 7) is 9.04. The molecule has 0 unspecified atom stereocenters. The summed E-state index contributed by atoms with van der Waals surface area (Å²) in [5.41, 5.74) is 2.79. The highest BCUT2D eigenvalue weighted by Gasteiger charge is 2.31. The summed E-state index contributed by atoms with van der Waals surface area (Å²) >= 11 is 0. The number of hydrogen-bond acceptors (Lipinski definition) is 9. The van der Waals surface area contributed by atoms with E-state index in [0.29, 0.717) is 43.9 Å². The maximum absolute atomic E-state index is 13.4. The molecule has 1 amide bonds. The Balaban J connectivity index is 1.46. The second kappa shape index (κ2) is 9.74. The van der Waals surface area contributed by atoms with Gasteiger partial charge in [0.1, 0.15) is 5.82 Å². The van der Waals surface area contributed by atoms with Gasteiger partial charge in [0.25, 0.3) is 11.6 Å². The van der Waals surface area contributed by atoms with Gasteiger partial charge in [-0.15, -0.1) is 0 Å². The van der Waals surface area contributed by atoms with Crippen LogP contribution in [0.25, 0.3) is 0 Å². The second-order valence-corrected chi connectivity index (χ2v) is 9.40. The summed E-state index contributed by atoms with van der Waals surface area (Å²) in [6, 6.07) is 4.68. The number of aromatic nitrogens is 2. The average molecular weight is 482 g/mol. The molecule has 2 fully saturated rings. The van der Waals surface area contributed by atoms with Crippen LogP contribution in [0.1, 0.15) is 27.2 Å². The van der Waals surface area contributed by atoms with Gasteiger partial charge < -0.3 is 24.3 Å². The molecular weight excluding hydrogens is 450 g/mol. The normalized spacial score (nSPS) is 19.0. The Morgan fingerprint density at radius 2 is 1.77 bits per heavy atom. The maximum Gasteiger partial charge on any atom is 0.273 e. The number of likely N-dealkylation sites (N-methyl/N-ethyl adjacent to an activating group) is 1. The Labute approximate surface area is 204 Å². The molecule has 0 atom stereocenters. The van der Waals surface area contributed by atoms with E-state index in [2.05, 4.69) is 21.7 Å². The first-order chi connectivity index (χ1) is 16.9. The van der Waals surface area contributed by atoms with Gasteiger partial charge in [-0.05, 0) is 20.0 Å². The maximum atomic E-state index is 13.4. The van der Waals surface area contributed by atoms with E-state index in [-0.39, 0.29) is 11.6 Å². The summed E-state index contributed by atoms with van der Waals surface area (Å²) in [5, 5.41) is 11.4. The van der Waals surface area contributed by atoms with E-state index < -0.39 is 4.92 Å². The minimum atomic E-state index is -0.440. The molecule has 2 saturated heterocycles. The summed E-state index contributed by atoms with van der Waals surface area (Å²) in [5.74, 6) is 1.42. The van der Waals surface area contributed by atoms with Crippen molar-refractivity contribution in [2.24, 2.45) is 0 Å². The number of nitro benzene ring substituents is 1. The highest BCUT2D eigenvalue weighted by atomic mass is 16.6. The zero-order valence-electron chi connectivity index (χ0n) is 20.3. The highest BCUT2D eigenvalue weighted by molar-refractivity contribution is 5.95. The Hall–Kier alpha value is -3.31. The number of amides is 1. The van der Waals surface area contributed by atoms with E-state index in [0.717, 1.165) is 62.3 Å². The largest absolute Gasteiger partial charge is 0.378 e. The van der Waals surface area contributed by atoms with Crippen molar-refractivity contribution in [3.8, 4) is 0 Å². The van der Waals surface area contributed by atoms with Crippen LogP contribution in [0, 0.1) is 17.0 Å². The Morgan fingerprint density at radius 1 is 1.03 bits per heavy atom. The van der Waals surface area contributed by atoms with Gasteiger partial charge in [0.2, 0.25) is 5.95 Å². The van der Waals surface area contributed by atoms with Crippen LogP contribution in [0.4, 0.5) is 17.5 Å². The molecule has 5 rings (SSSR count). The number of carbonyl (C=O) groups is 1. The third kappa shape index (κ3) is 4.78. The fourth-order valence-corrected chi connectivity index (χ4v) is 4.86. The number of rotatable bonds is 4. The molecule has 0 spiro atoms. The number of piperazine rings is 1. The van der Waals surface area contributed by atoms with E-state index in [1.54, 1.807) is 24.0 Å². The molecule has 11 nitrogen and oxygen atoms in total. The van der Waals surface area contributed by atoms with Crippen molar-refractivity contribution in [1.29, 1.82) is 0 Å². The van der Waals surface area contributed by atoms with Gasteiger partial charge in [0.15, 0.2) is 0 Å². The first kappa shape index (κ1) is 23.4. The summed E-state index contributed by atoms with van der Waals surface area (Å²) in [6.07, 6.45) is 0.621. The van der Waals surface area contributed by atoms with Crippen molar-refractivity contribution in [3.05, 3.63) is 50.7 Å². The number of benzene rings is 1. The molecule has 11 heteroatoms. The average Bonchev–Trinajstić information content (AvgIpc) is 2.88. The molecule has 0 saturated carbocycles. The van der Waals surface area contributed by atoms with Crippen LogP contribution in [0.3, 0.4) is 0 Å². The predicted octanol–water partition coefficient (Wildman–Crippen LogP) is 1.48. The summed E-state index contributed by atoms with van der Waals surface area (Å²) in [4.78, 5) is 42.8. The van der Waals surface area contributed by atoms with Crippen molar-refractivity contribution in [3.63, 3.8) is 0 Å². The quantitative estimate of drug-likeness (QED) is 0.474. The number of hydrogen-bond donors (Lipinski definition) is 0. The Morgan fingerprint density at radius 3 is 2.49 bits per heavy atom. The molecule has 0 N–H and O–H groups in total. The van der Waals surface area contributed by atoms with Gasteiger partial charge in [-0.2, -0.15) is 4.98 Å². The topological polar surface area (TPSA) is 108 Å². The molecule has 186 valence electrons. The molecule has 3 aliphatic heterocycles. The lowest BCUT2D eigenvalue weighted by molar-refractivity contribution is -0.385. The Bertz CT molecular complexity index is 1130. The first-order valence-electron chi connectivity index (χ1n) is 12.1. The SMILES string of the molecule is Cc1ccc(C(=O)N2CCc3nc(N4CCOCC4)nc(N4CCN(C)CC4)c3C2)cc1[N+](=O)[O-]. The lowest BCUT2D eigenvalue weighted by atomic mass is 10.0. The van der Waals surface area contributed by atoms with Crippen molar-refractivity contribution in [1.82, 2.24) is 19.8 Å². The van der Waals surface area contributed by atoms with E-state index in [4.69, 9.17) is 14.7 Å². The van der Waals surface area contributed by atoms with Crippen LogP contribution in [0.15, 0.2) is 18.2 Å². The summed E-state index contributed by atoms with van der Waals surface area (Å²) in [7, 11) is 2.12. The lowest BCUT2D eigenvalue weighted by Crippen LogP contribution is -2.46. The summed E-state index contributed by atoms with van der Waals surface area (Å²) < 4.78 is 5.51. The number of fused-ring (bicyclic) bond motifs is 1. The zero-order chi connectivity index (χ0) is 24.5. The molecule has 35 heavy (non-hydrogen) atoms. The molecule has 0 bridgehead atoms. The molecular formula is C24H31N7O4. The zero-order valence-corrected chi connectivity index (χ0v) is 20.3. The van der Waals surface area contributed by atoms with Crippen molar-refractivity contribution in [2.75, 3.05) is 75.9 Å². The molecule has 1 aromatic carbocycles. The van der Waals surface area contributed by atoms with Gasteiger partial charge in [0.05, 0.1) is 30.4 Å². The number of carbonyl (C=O) groups excluding carboxylic acids is 1. The molecule has 0 aliphatic carbocycles. The van der Waals surface area contributed by atoms with E-state index in [9.17, 15) is 14.9 Å². The Kier molecular flexibility index (Phi) is 6.52. The number of nitro groups is 1. The van der Waals surface area contributed by atoms with Crippen molar-refractivity contribution in [2.45, 2.75) is 19.9 Å². The van der Waals surface area contributed by atoms with Crippen LogP contribution in [-0.4, -0.2) is 96.7 Å². The van der Waals surface area contributed by atoms with Crippen LogP contribution >= 0.6 is 0 Å². The van der Waals surface area contributed by atoms with E-state index in [1.165, 1.54) is 6.07 Å². The van der Waals surface area contributed by atoms with Crippen LogP contribution < -0.4 is 9.80 Å². The first-order valence-corrected chi connectivity index (χ1v) is 12.1. The molecule has 0 radical (unpaired) electrons. The third-order valence-corrected chi connectivity index (χ3v) is 7.06. The van der Waals surface area contributed by atoms with Gasteiger partial charge in [-0.25, -0.2) is 4.98 Å². The minimum absolute atomic E-state index is 0.0372. The standard InChI is InChI=1S/C24H31N7O4/c1-17-3-4-18(15-21(17)31(33)34)23(32)30-6-5-20-19(16-30)22(28-9-7-27(2)8-10-28)26-24(25-20)29-11-13-35-14-12-29/h3-4,15H,5-14,16H2,1-2H3. The smallest absolute Gasteiger partial charge is 0.273 e. The van der Waals surface area contributed by atoms with Gasteiger partial charge in [-0.3, -0.25) is 14.9 Å². The number of ether oxygens (including phenoxy) is 1. The van der Waals surface area contributed by atoms with Crippen molar-refractivity contribution < 1.29 is 14.5 Å². The second-order valence-electron chi connectivity index (χ2n) is 9.40. The highest BCUT2D eigenvalue weighted by Crippen LogP contribution is 2.31. The van der Waals surface area contributed by atoms with Crippen LogP contribution in [0.2, 0.25) is 0 Å². The fourth-order valence-electron chi connectivity index (χ4n) is 4.86. The monoisotopic (exact) mass is 481 g/mol. The van der Waals surface area contributed by atoms with E-state index in [1.807, 2.05) is 0 Å². The van der Waals surface area contributed by atoms with Crippen molar-refractivity contribution >= 4 is 23.4 Å². The van der Waals surface area contributed by atoms with Gasteiger partial charge in [-0.1, -0.05) is 6.07 Å². The lowest BCUT2D eigenvalue weighted by Gasteiger charge is -2.38. The van der Waals surface area contributed by atoms with Gasteiger partial charge >= 0.3 is 0 Å². The predicted molar refractivity (Wildman–Crippen MR) is 131 cm³/mol. The van der Waals surface area contributed by atoms with E-state index >= 15 is 0 Å².